The molecule has 78 valence electrons. The zero-order chi connectivity index (χ0) is 10.8. The smallest absolute Gasteiger partial charge is 0.286 e. The molecule has 3 rings (SSSR count). The van der Waals surface area contributed by atoms with Gasteiger partial charge in [-0.15, -0.1) is 0 Å². The van der Waals surface area contributed by atoms with Crippen LogP contribution in [0.2, 0.25) is 0 Å². The molecule has 2 heterocycles. The fraction of sp³-hybridized carbons (Fsp3) is 0.231. The zero-order valence-electron chi connectivity index (χ0n) is 8.85. The first-order chi connectivity index (χ1) is 7.93. The van der Waals surface area contributed by atoms with Gasteiger partial charge < -0.3 is 0 Å². The summed E-state index contributed by atoms with van der Waals surface area (Å²) >= 11 is 0. The highest BCUT2D eigenvalue weighted by Gasteiger charge is 2.19. The number of pyridine rings is 1. The van der Waals surface area contributed by atoms with Crippen LogP contribution < -0.4 is 5.32 Å². The minimum atomic E-state index is 0.0401. The van der Waals surface area contributed by atoms with Crippen LogP contribution in [0, 0.1) is 6.07 Å². The number of fused-ring (bicyclic) bond motifs is 1. The summed E-state index contributed by atoms with van der Waals surface area (Å²) in [6.45, 7) is 1.70. The average molecular weight is 210 g/mol. The van der Waals surface area contributed by atoms with Crippen LogP contribution in [0.3, 0.4) is 0 Å². The van der Waals surface area contributed by atoms with Crippen molar-refractivity contribution in [3.05, 3.63) is 46.9 Å². The molecule has 1 aliphatic heterocycles. The van der Waals surface area contributed by atoms with E-state index in [2.05, 4.69) is 33.3 Å². The van der Waals surface area contributed by atoms with E-state index in [1.54, 1.807) is 0 Å². The quantitative estimate of drug-likeness (QED) is 0.782. The van der Waals surface area contributed by atoms with E-state index in [-0.39, 0.29) is 6.04 Å². The highest BCUT2D eigenvalue weighted by Crippen LogP contribution is 2.17. The highest BCUT2D eigenvalue weighted by molar-refractivity contribution is 5.78. The van der Waals surface area contributed by atoms with Crippen molar-refractivity contribution in [2.24, 2.45) is 0 Å². The molecule has 0 saturated heterocycles. The van der Waals surface area contributed by atoms with E-state index < -0.39 is 0 Å². The number of para-hydroxylation sites is 1. The van der Waals surface area contributed by atoms with Crippen LogP contribution in [-0.4, -0.2) is 18.1 Å². The van der Waals surface area contributed by atoms with Crippen molar-refractivity contribution < 1.29 is 0 Å². The molecule has 1 aliphatic rings. The SMILES string of the molecule is C1#[N+]CCNC1c1ccc2ccccc2n1. The molecule has 1 unspecified atom stereocenters. The Morgan fingerprint density at radius 2 is 2.19 bits per heavy atom. The Hall–Kier alpha value is -1.92. The van der Waals surface area contributed by atoms with Crippen molar-refractivity contribution in [2.45, 2.75) is 6.04 Å². The van der Waals surface area contributed by atoms with Gasteiger partial charge in [0.2, 0.25) is 0 Å². The third-order valence-corrected chi connectivity index (χ3v) is 2.71. The summed E-state index contributed by atoms with van der Waals surface area (Å²) in [4.78, 5) is 8.78. The van der Waals surface area contributed by atoms with Gasteiger partial charge in [0.05, 0.1) is 17.8 Å². The standard InChI is InChI=1S/C13H12N3/c1-2-4-11-10(3-1)5-6-12(16-11)13-9-14-7-8-15-13/h1-6,13,15H,7-8H2/q+1. The summed E-state index contributed by atoms with van der Waals surface area (Å²) < 4.78 is 0. The van der Waals surface area contributed by atoms with Crippen LogP contribution >= 0.6 is 0 Å². The number of hydrogen-bond acceptors (Lipinski definition) is 2. The van der Waals surface area contributed by atoms with Crippen LogP contribution in [0.15, 0.2) is 36.4 Å². The average Bonchev–Trinajstić information content (AvgIpc) is 2.39. The number of benzene rings is 1. The Bertz CT molecular complexity index is 580. The van der Waals surface area contributed by atoms with E-state index in [9.17, 15) is 0 Å². The third kappa shape index (κ3) is 1.64. The predicted molar refractivity (Wildman–Crippen MR) is 64.6 cm³/mol. The lowest BCUT2D eigenvalue weighted by Crippen LogP contribution is -2.25. The van der Waals surface area contributed by atoms with Gasteiger partial charge in [-0.3, -0.25) is 5.32 Å². The van der Waals surface area contributed by atoms with Crippen molar-refractivity contribution in [1.29, 1.82) is 0 Å². The number of nitrogens with zero attached hydrogens (tertiary/aromatic N) is 2. The zero-order valence-corrected chi connectivity index (χ0v) is 8.85. The maximum Gasteiger partial charge on any atom is 0.298 e. The molecule has 1 aromatic heterocycles. The van der Waals surface area contributed by atoms with E-state index in [0.717, 1.165) is 24.3 Å². The molecule has 2 aromatic rings. The lowest BCUT2D eigenvalue weighted by molar-refractivity contribution is 0.627. The van der Waals surface area contributed by atoms with E-state index in [0.29, 0.717) is 0 Å². The molecular formula is C13H12N3+. The first kappa shape index (κ1) is 9.32. The second kappa shape index (κ2) is 3.92. The van der Waals surface area contributed by atoms with E-state index >= 15 is 0 Å². The summed E-state index contributed by atoms with van der Waals surface area (Å²) in [7, 11) is 0. The minimum Gasteiger partial charge on any atom is -0.286 e. The molecule has 1 N–H and O–H groups in total. The monoisotopic (exact) mass is 210 g/mol. The van der Waals surface area contributed by atoms with Gasteiger partial charge in [-0.05, 0) is 12.1 Å². The number of hydrogen-bond donors (Lipinski definition) is 1. The largest absolute Gasteiger partial charge is 0.298 e. The molecule has 3 nitrogen and oxygen atoms in total. The maximum atomic E-state index is 4.61. The topological polar surface area (TPSA) is 29.3 Å². The Balaban J connectivity index is 2.06. The molecule has 0 radical (unpaired) electrons. The molecule has 0 bridgehead atoms. The molecule has 0 saturated carbocycles. The Kier molecular flexibility index (Phi) is 2.28. The van der Waals surface area contributed by atoms with Crippen molar-refractivity contribution in [2.75, 3.05) is 13.1 Å². The highest BCUT2D eigenvalue weighted by atomic mass is 15.0. The fourth-order valence-corrected chi connectivity index (χ4v) is 1.88. The third-order valence-electron chi connectivity index (χ3n) is 2.71. The van der Waals surface area contributed by atoms with Crippen LogP contribution in [0.5, 0.6) is 0 Å². The van der Waals surface area contributed by atoms with Crippen LogP contribution in [0.4, 0.5) is 0 Å². The molecule has 0 aliphatic carbocycles. The molecule has 0 fully saturated rings. The van der Waals surface area contributed by atoms with Gasteiger partial charge in [0.1, 0.15) is 0 Å². The normalized spacial score (nSPS) is 19.1. The van der Waals surface area contributed by atoms with Crippen molar-refractivity contribution >= 4 is 10.9 Å². The number of rotatable bonds is 1. The second-order valence-electron chi connectivity index (χ2n) is 3.83. The molecule has 0 amide bonds. The number of nitrogens with one attached hydrogen (secondary N) is 1. The lowest BCUT2D eigenvalue weighted by Gasteiger charge is -2.09. The molecule has 0 spiro atoms. The molecule has 3 heteroatoms. The summed E-state index contributed by atoms with van der Waals surface area (Å²) in [5.74, 6) is 0. The first-order valence-electron chi connectivity index (χ1n) is 5.44. The first-order valence-corrected chi connectivity index (χ1v) is 5.44. The van der Waals surface area contributed by atoms with Gasteiger partial charge in [0, 0.05) is 5.39 Å². The second-order valence-corrected chi connectivity index (χ2v) is 3.83. The van der Waals surface area contributed by atoms with Crippen LogP contribution in [0.25, 0.3) is 15.7 Å². The van der Waals surface area contributed by atoms with Gasteiger partial charge >= 0.3 is 0 Å². The van der Waals surface area contributed by atoms with Gasteiger partial charge in [-0.1, -0.05) is 29.1 Å². The lowest BCUT2D eigenvalue weighted by atomic mass is 10.1. The van der Waals surface area contributed by atoms with Crippen molar-refractivity contribution in [1.82, 2.24) is 10.3 Å². The van der Waals surface area contributed by atoms with E-state index in [4.69, 9.17) is 0 Å². The Morgan fingerprint density at radius 3 is 3.06 bits per heavy atom. The molecule has 16 heavy (non-hydrogen) atoms. The van der Waals surface area contributed by atoms with Gasteiger partial charge in [-0.25, -0.2) is 4.98 Å². The van der Waals surface area contributed by atoms with Gasteiger partial charge in [0.25, 0.3) is 12.6 Å². The molecule has 1 atom stereocenters. The van der Waals surface area contributed by atoms with Crippen LogP contribution in [0.1, 0.15) is 11.7 Å². The van der Waals surface area contributed by atoms with E-state index in [1.807, 2.05) is 24.3 Å². The molecular weight excluding hydrogens is 198 g/mol. The summed E-state index contributed by atoms with van der Waals surface area (Å²) in [6.07, 6.45) is 0. The summed E-state index contributed by atoms with van der Waals surface area (Å²) in [5.41, 5.74) is 2.01. The maximum absolute atomic E-state index is 4.61. The molecule has 1 aromatic carbocycles. The predicted octanol–water partition coefficient (Wildman–Crippen LogP) is 2.21. The minimum absolute atomic E-state index is 0.0401. The van der Waals surface area contributed by atoms with Crippen molar-refractivity contribution in [3.8, 4) is 6.07 Å². The number of aromatic nitrogens is 1. The Morgan fingerprint density at radius 1 is 1.25 bits per heavy atom. The van der Waals surface area contributed by atoms with Gasteiger partial charge in [-0.2, -0.15) is 0 Å². The van der Waals surface area contributed by atoms with Crippen LogP contribution in [-0.2, 0) is 0 Å². The summed E-state index contributed by atoms with van der Waals surface area (Å²) in [5, 5.41) is 4.50. The fourth-order valence-electron chi connectivity index (χ4n) is 1.88. The van der Waals surface area contributed by atoms with Crippen molar-refractivity contribution in [3.63, 3.8) is 0 Å². The van der Waals surface area contributed by atoms with Gasteiger partial charge in [0.15, 0.2) is 6.04 Å². The van der Waals surface area contributed by atoms with E-state index in [1.165, 1.54) is 5.39 Å². The Labute approximate surface area is 93.9 Å². The summed E-state index contributed by atoms with van der Waals surface area (Å²) in [6, 6.07) is 15.3.